The molecule has 0 unspecified atom stereocenters. The van der Waals surface area contributed by atoms with Gasteiger partial charge in [0.1, 0.15) is 0 Å². The molecule has 0 fully saturated rings. The van der Waals surface area contributed by atoms with Gasteiger partial charge < -0.3 is 14.4 Å². The van der Waals surface area contributed by atoms with Crippen molar-refractivity contribution in [3.05, 3.63) is 105 Å². The Morgan fingerprint density at radius 1 is 0.486 bits per heavy atom. The van der Waals surface area contributed by atoms with Gasteiger partial charge in [-0.3, -0.25) is 9.59 Å². The van der Waals surface area contributed by atoms with Gasteiger partial charge in [-0.1, -0.05) is 207 Å². The fraction of sp³-hybridized carbons (Fsp3) is 0.522. The predicted octanol–water partition coefficient (Wildman–Crippen LogP) is 17.5. The second-order valence-electron chi connectivity index (χ2n) is 23.3. The predicted molar refractivity (Wildman–Crippen MR) is 309 cm³/mol. The van der Waals surface area contributed by atoms with E-state index in [1.54, 1.807) is 4.90 Å². The van der Waals surface area contributed by atoms with Crippen molar-refractivity contribution in [3.63, 3.8) is 0 Å². The summed E-state index contributed by atoms with van der Waals surface area (Å²) in [5, 5.41) is 2.48. The third-order valence-corrected chi connectivity index (χ3v) is 15.4. The molecule has 1 aromatic heterocycles. The van der Waals surface area contributed by atoms with E-state index in [0.29, 0.717) is 17.7 Å². The van der Waals surface area contributed by atoms with Crippen LogP contribution in [-0.4, -0.2) is 30.0 Å². The summed E-state index contributed by atoms with van der Waals surface area (Å²) in [4.78, 5) is 32.5. The maximum absolute atomic E-state index is 14.5. The van der Waals surface area contributed by atoms with Gasteiger partial charge in [0.15, 0.2) is 0 Å². The third kappa shape index (κ3) is 12.4. The Labute approximate surface area is 435 Å². The van der Waals surface area contributed by atoms with E-state index < -0.39 is 0 Å². The molecule has 3 heterocycles. The maximum Gasteiger partial charge on any atom is 0.259 e. The summed E-state index contributed by atoms with van der Waals surface area (Å²) in [5.74, 6) is 13.9. The number of anilines is 2. The van der Waals surface area contributed by atoms with Gasteiger partial charge in [-0.2, -0.15) is 0 Å². The fourth-order valence-corrected chi connectivity index (χ4v) is 11.1. The number of nitrogens with zero attached hydrogens (tertiary/aromatic N) is 3. The van der Waals surface area contributed by atoms with Crippen molar-refractivity contribution in [2.75, 3.05) is 23.4 Å². The second-order valence-corrected chi connectivity index (χ2v) is 23.3. The molecule has 2 aliphatic heterocycles. The summed E-state index contributed by atoms with van der Waals surface area (Å²) in [6.45, 7) is 23.8. The first-order valence-corrected chi connectivity index (χ1v) is 28.3. The topological polar surface area (TPSA) is 45.6 Å². The number of unbranched alkanes of at least 4 members (excludes halogenated alkanes) is 18. The minimum Gasteiger partial charge on any atom is -0.338 e. The molecule has 5 heteroatoms. The summed E-state index contributed by atoms with van der Waals surface area (Å²) >= 11 is 0. The molecule has 0 radical (unpaired) electrons. The molecular weight excluding hydrogens is 879 g/mol. The van der Waals surface area contributed by atoms with Crippen LogP contribution in [0.4, 0.5) is 11.4 Å². The number of aromatic nitrogens is 1. The van der Waals surface area contributed by atoms with E-state index in [0.717, 1.165) is 70.6 Å². The molecule has 0 bridgehead atoms. The van der Waals surface area contributed by atoms with E-state index in [9.17, 15) is 9.59 Å². The largest absolute Gasteiger partial charge is 0.338 e. The molecule has 0 spiro atoms. The van der Waals surface area contributed by atoms with Crippen molar-refractivity contribution >= 4 is 56.1 Å². The van der Waals surface area contributed by atoms with E-state index in [1.807, 2.05) is 43.1 Å². The molecule has 0 aliphatic carbocycles. The number of benzene rings is 4. The number of aryl methyl sites for hydroxylation is 2. The Morgan fingerprint density at radius 2 is 0.944 bits per heavy atom. The molecule has 2 amide bonds. The van der Waals surface area contributed by atoms with Gasteiger partial charge in [0.2, 0.25) is 0 Å². The van der Waals surface area contributed by atoms with Crippen molar-refractivity contribution in [2.24, 2.45) is 0 Å². The van der Waals surface area contributed by atoms with Crippen LogP contribution in [0.1, 0.15) is 235 Å². The van der Waals surface area contributed by atoms with E-state index in [-0.39, 0.29) is 22.6 Å². The van der Waals surface area contributed by atoms with Crippen LogP contribution in [0.5, 0.6) is 0 Å². The Hall–Kier alpha value is -5.52. The first kappa shape index (κ1) is 54.3. The highest BCUT2D eigenvalue weighted by molar-refractivity contribution is 6.49. The van der Waals surface area contributed by atoms with E-state index in [4.69, 9.17) is 0 Å². The zero-order valence-electron chi connectivity index (χ0n) is 46.5. The van der Waals surface area contributed by atoms with Crippen molar-refractivity contribution in [2.45, 2.75) is 215 Å². The average molecular weight is 966 g/mol. The van der Waals surface area contributed by atoms with Crippen molar-refractivity contribution < 1.29 is 9.59 Å². The number of amides is 2. The zero-order chi connectivity index (χ0) is 51.6. The minimum absolute atomic E-state index is 0.0516. The van der Waals surface area contributed by atoms with Crippen LogP contribution in [-0.2, 0) is 27.0 Å². The lowest BCUT2D eigenvalue weighted by atomic mass is 9.83. The highest BCUT2D eigenvalue weighted by atomic mass is 16.2. The van der Waals surface area contributed by atoms with Crippen molar-refractivity contribution in [1.29, 1.82) is 0 Å². The molecule has 2 aliphatic rings. The number of fused-ring (bicyclic) bond motifs is 5. The average Bonchev–Trinajstić information content (AvgIpc) is 3.90. The summed E-state index contributed by atoms with van der Waals surface area (Å²) < 4.78 is 2.55. The lowest BCUT2D eigenvalue weighted by molar-refractivity contribution is -0.114. The van der Waals surface area contributed by atoms with E-state index in [2.05, 4.69) is 127 Å². The standard InChI is InChI=1S/C67H87N3O2/c1-12-15-17-19-21-22-23-24-25-26-27-28-30-32-41-70-62-50(33-14-3)44-52(66(5,6)7)46-56(62)57-47-53(67(8,9)10)45-51(63(57)70)37-35-49-36-39-54-58(43-49)68(11)64(71)60(54)61-55-38-34-48(4)42-59(55)69(65(61)72)40-31-29-20-18-16-13-2/h34,36,38-39,42-47H,12-13,15-32,40-41H2,1-11H3/b61-60+. The highest BCUT2D eigenvalue weighted by Crippen LogP contribution is 2.47. The Balaban J connectivity index is 1.22. The third-order valence-electron chi connectivity index (χ3n) is 15.4. The van der Waals surface area contributed by atoms with E-state index in [1.165, 1.54) is 142 Å². The van der Waals surface area contributed by atoms with Gasteiger partial charge in [0.25, 0.3) is 11.8 Å². The van der Waals surface area contributed by atoms with Crippen molar-refractivity contribution in [3.8, 4) is 23.7 Å². The van der Waals surface area contributed by atoms with Crippen LogP contribution in [0.3, 0.4) is 0 Å². The number of likely N-dealkylation sites (N-methyl/N-ethyl adjacent to an activating group) is 1. The van der Waals surface area contributed by atoms with Crippen LogP contribution in [0.15, 0.2) is 60.7 Å². The Morgan fingerprint density at radius 3 is 1.46 bits per heavy atom. The van der Waals surface area contributed by atoms with Gasteiger partial charge in [0.05, 0.1) is 33.6 Å². The van der Waals surface area contributed by atoms with E-state index >= 15 is 0 Å². The minimum atomic E-state index is -0.153. The second kappa shape index (κ2) is 24.5. The van der Waals surface area contributed by atoms with Crippen molar-refractivity contribution in [1.82, 2.24) is 4.57 Å². The summed E-state index contributed by atoms with van der Waals surface area (Å²) in [7, 11) is 1.82. The van der Waals surface area contributed by atoms with Crippen LogP contribution in [0.2, 0.25) is 0 Å². The highest BCUT2D eigenvalue weighted by Gasteiger charge is 2.41. The van der Waals surface area contributed by atoms with Crippen LogP contribution < -0.4 is 9.80 Å². The SMILES string of the molecule is CC#Cc1cc(C(C)(C)C)cc2c3cc(C(C)(C)C)cc(C#Cc4ccc5c(c4)N(C)C(=O)/C5=C4/C(=O)N(CCCCCCCC)c5cc(C)ccc54)c3n(CCCCCCCCCCCCCCCC)c12. The zero-order valence-corrected chi connectivity index (χ0v) is 46.5. The normalized spacial score (nSPS) is 14.6. The van der Waals surface area contributed by atoms with Gasteiger partial charge in [0, 0.05) is 58.7 Å². The smallest absolute Gasteiger partial charge is 0.259 e. The number of carbonyl (C=O) groups is 2. The number of hydrogen-bond acceptors (Lipinski definition) is 2. The Kier molecular flexibility index (Phi) is 18.4. The molecule has 7 rings (SSSR count). The molecule has 0 N–H and O–H groups in total. The molecule has 382 valence electrons. The molecule has 5 nitrogen and oxygen atoms in total. The quantitative estimate of drug-likeness (QED) is 0.0394. The number of carbonyl (C=O) groups excluding carboxylic acids is 2. The summed E-state index contributed by atoms with van der Waals surface area (Å²) in [6, 6.07) is 21.8. The van der Waals surface area contributed by atoms with Crippen LogP contribution in [0, 0.1) is 30.6 Å². The van der Waals surface area contributed by atoms with Gasteiger partial charge in [-0.15, -0.1) is 5.92 Å². The first-order chi connectivity index (χ1) is 34.6. The fourth-order valence-electron chi connectivity index (χ4n) is 11.1. The molecule has 0 saturated heterocycles. The molecule has 5 aromatic rings. The lowest BCUT2D eigenvalue weighted by Gasteiger charge is -2.20. The number of hydrogen-bond donors (Lipinski definition) is 0. The molecule has 4 aromatic carbocycles. The summed E-state index contributed by atoms with van der Waals surface area (Å²) in [6.07, 6.45) is 25.5. The molecule has 0 saturated carbocycles. The van der Waals surface area contributed by atoms with Gasteiger partial charge >= 0.3 is 0 Å². The lowest BCUT2D eigenvalue weighted by Crippen LogP contribution is -2.28. The number of rotatable bonds is 22. The molecule has 72 heavy (non-hydrogen) atoms. The monoisotopic (exact) mass is 966 g/mol. The maximum atomic E-state index is 14.5. The van der Waals surface area contributed by atoms with Crippen LogP contribution >= 0.6 is 0 Å². The van der Waals surface area contributed by atoms with Gasteiger partial charge in [-0.05, 0) is 96.7 Å². The van der Waals surface area contributed by atoms with Crippen LogP contribution in [0.25, 0.3) is 33.0 Å². The summed E-state index contributed by atoms with van der Waals surface area (Å²) in [5.41, 5.74) is 13.1. The molecular formula is C67H87N3O2. The first-order valence-electron chi connectivity index (χ1n) is 28.3. The Bertz CT molecular complexity index is 2900. The molecule has 0 atom stereocenters. The van der Waals surface area contributed by atoms with Gasteiger partial charge in [-0.25, -0.2) is 0 Å².